The molecule has 0 unspecified atom stereocenters. The normalized spacial score (nSPS) is 12.8. The van der Waals surface area contributed by atoms with Gasteiger partial charge in [0.2, 0.25) is 0 Å². The Morgan fingerprint density at radius 3 is 1.92 bits per heavy atom. The molecule has 0 atom stereocenters. The lowest BCUT2D eigenvalue weighted by molar-refractivity contribution is -0.135. The second-order valence-corrected chi connectivity index (χ2v) is 5.53. The largest absolute Gasteiger partial charge is 0.494 e. The van der Waals surface area contributed by atoms with Crippen LogP contribution in [0.15, 0.2) is 72.8 Å². The number of allylic oxidation sites excluding steroid dienone is 2. The monoisotopic (exact) mass is 350 g/mol. The van der Waals surface area contributed by atoms with E-state index < -0.39 is 5.97 Å². The van der Waals surface area contributed by atoms with E-state index in [9.17, 15) is 9.59 Å². The minimum atomic E-state index is -0.473. The van der Waals surface area contributed by atoms with Gasteiger partial charge < -0.3 is 14.2 Å². The molecular weight excluding hydrogens is 332 g/mol. The average Bonchev–Trinajstić information content (AvgIpc) is 3.19. The van der Waals surface area contributed by atoms with Crippen LogP contribution in [-0.4, -0.2) is 18.5 Å². The predicted molar refractivity (Wildman–Crippen MR) is 96.4 cm³/mol. The molecule has 3 rings (SSSR count). The molecule has 0 spiro atoms. The maximum atomic E-state index is 12.2. The third-order valence-electron chi connectivity index (χ3n) is 3.67. The van der Waals surface area contributed by atoms with Crippen molar-refractivity contribution in [2.24, 2.45) is 5.92 Å². The summed E-state index contributed by atoms with van der Waals surface area (Å²) in [4.78, 5) is 24.1. The van der Waals surface area contributed by atoms with Crippen molar-refractivity contribution in [2.75, 3.05) is 6.61 Å². The summed E-state index contributed by atoms with van der Waals surface area (Å²) in [5.74, 6) is 0.274. The lowest BCUT2D eigenvalue weighted by Gasteiger charge is -2.09. The minimum absolute atomic E-state index is 0.353. The number of hydrogen-bond donors (Lipinski definition) is 0. The Balaban J connectivity index is 1.58. The van der Waals surface area contributed by atoms with Crippen molar-refractivity contribution in [3.63, 3.8) is 0 Å². The van der Waals surface area contributed by atoms with Crippen LogP contribution >= 0.6 is 0 Å². The zero-order valence-corrected chi connectivity index (χ0v) is 14.3. The molecule has 0 saturated carbocycles. The Hall–Kier alpha value is -3.34. The van der Waals surface area contributed by atoms with Gasteiger partial charge in [0.1, 0.15) is 17.2 Å². The van der Waals surface area contributed by atoms with E-state index in [1.165, 1.54) is 0 Å². The zero-order chi connectivity index (χ0) is 18.4. The molecule has 5 nitrogen and oxygen atoms in total. The fourth-order valence-corrected chi connectivity index (χ4v) is 2.37. The SMILES string of the molecule is CCOc1ccc(C(=O)Oc2ccc(OC(=O)C3C=CC=C3)cc2)cc1. The first-order valence-electron chi connectivity index (χ1n) is 8.27. The van der Waals surface area contributed by atoms with Crippen LogP contribution in [0.2, 0.25) is 0 Å². The first kappa shape index (κ1) is 17.5. The van der Waals surface area contributed by atoms with E-state index in [1.807, 2.05) is 6.92 Å². The molecular formula is C21H18O5. The fraction of sp³-hybridized carbons (Fsp3) is 0.143. The van der Waals surface area contributed by atoms with Crippen LogP contribution in [0.1, 0.15) is 17.3 Å². The number of carbonyl (C=O) groups excluding carboxylic acids is 2. The third kappa shape index (κ3) is 4.39. The van der Waals surface area contributed by atoms with Crippen LogP contribution < -0.4 is 14.2 Å². The Labute approximate surface area is 151 Å². The molecule has 0 amide bonds. The van der Waals surface area contributed by atoms with Gasteiger partial charge in [-0.15, -0.1) is 0 Å². The van der Waals surface area contributed by atoms with Gasteiger partial charge >= 0.3 is 11.9 Å². The van der Waals surface area contributed by atoms with Gasteiger partial charge in [-0.2, -0.15) is 0 Å². The Morgan fingerprint density at radius 1 is 0.808 bits per heavy atom. The molecule has 5 heteroatoms. The van der Waals surface area contributed by atoms with E-state index in [0.29, 0.717) is 29.4 Å². The van der Waals surface area contributed by atoms with Crippen LogP contribution in [0.25, 0.3) is 0 Å². The van der Waals surface area contributed by atoms with E-state index in [4.69, 9.17) is 14.2 Å². The number of esters is 2. The molecule has 0 aliphatic heterocycles. The predicted octanol–water partition coefficient (Wildman–Crippen LogP) is 3.95. The van der Waals surface area contributed by atoms with Crippen molar-refractivity contribution in [1.82, 2.24) is 0 Å². The Kier molecular flexibility index (Phi) is 5.49. The molecule has 0 aromatic heterocycles. The lowest BCUT2D eigenvalue weighted by Crippen LogP contribution is -2.15. The summed E-state index contributed by atoms with van der Waals surface area (Å²) < 4.78 is 15.9. The maximum Gasteiger partial charge on any atom is 0.343 e. The number of benzene rings is 2. The Bertz CT molecular complexity index is 820. The molecule has 0 fully saturated rings. The van der Waals surface area contributed by atoms with Gasteiger partial charge in [-0.05, 0) is 55.5 Å². The number of hydrogen-bond acceptors (Lipinski definition) is 5. The molecule has 1 aliphatic carbocycles. The van der Waals surface area contributed by atoms with Crippen LogP contribution in [0.5, 0.6) is 17.2 Å². The quantitative estimate of drug-likeness (QED) is 0.583. The molecule has 0 radical (unpaired) electrons. The highest BCUT2D eigenvalue weighted by molar-refractivity contribution is 5.91. The molecule has 2 aromatic rings. The standard InChI is InChI=1S/C21H18O5/c1-2-24-17-9-7-16(8-10-17)21(23)26-19-13-11-18(12-14-19)25-20(22)15-5-3-4-6-15/h3-15H,2H2,1H3. The summed E-state index contributed by atoms with van der Waals surface area (Å²) in [5, 5.41) is 0. The van der Waals surface area contributed by atoms with Crippen LogP contribution in [0, 0.1) is 5.92 Å². The summed E-state index contributed by atoms with van der Waals surface area (Å²) in [6, 6.07) is 13.0. The molecule has 26 heavy (non-hydrogen) atoms. The number of ether oxygens (including phenoxy) is 3. The third-order valence-corrected chi connectivity index (χ3v) is 3.67. The van der Waals surface area contributed by atoms with Crippen molar-refractivity contribution in [1.29, 1.82) is 0 Å². The van der Waals surface area contributed by atoms with Gasteiger partial charge in [-0.3, -0.25) is 4.79 Å². The van der Waals surface area contributed by atoms with E-state index in [0.717, 1.165) is 0 Å². The molecule has 1 aliphatic rings. The zero-order valence-electron chi connectivity index (χ0n) is 14.3. The second kappa shape index (κ2) is 8.16. The van der Waals surface area contributed by atoms with Crippen LogP contribution in [-0.2, 0) is 4.79 Å². The van der Waals surface area contributed by atoms with E-state index in [1.54, 1.807) is 72.8 Å². The maximum absolute atomic E-state index is 12.2. The summed E-state index contributed by atoms with van der Waals surface area (Å²) in [5.41, 5.74) is 0.420. The van der Waals surface area contributed by atoms with Crippen molar-refractivity contribution in [3.05, 3.63) is 78.4 Å². The highest BCUT2D eigenvalue weighted by Gasteiger charge is 2.16. The van der Waals surface area contributed by atoms with Gasteiger partial charge in [0, 0.05) is 0 Å². The molecule has 0 saturated heterocycles. The second-order valence-electron chi connectivity index (χ2n) is 5.53. The lowest BCUT2D eigenvalue weighted by atomic mass is 10.2. The molecule has 132 valence electrons. The molecule has 0 bridgehead atoms. The minimum Gasteiger partial charge on any atom is -0.494 e. The highest BCUT2D eigenvalue weighted by Crippen LogP contribution is 2.21. The summed E-state index contributed by atoms with van der Waals surface area (Å²) in [6.07, 6.45) is 7.12. The smallest absolute Gasteiger partial charge is 0.343 e. The molecule has 0 heterocycles. The fourth-order valence-electron chi connectivity index (χ4n) is 2.37. The van der Waals surface area contributed by atoms with Crippen molar-refractivity contribution < 1.29 is 23.8 Å². The van der Waals surface area contributed by atoms with E-state index >= 15 is 0 Å². The summed E-state index contributed by atoms with van der Waals surface area (Å²) in [6.45, 7) is 2.46. The first-order valence-corrected chi connectivity index (χ1v) is 8.27. The average molecular weight is 350 g/mol. The van der Waals surface area contributed by atoms with Gasteiger partial charge in [-0.25, -0.2) is 4.79 Å². The van der Waals surface area contributed by atoms with Gasteiger partial charge in [0.15, 0.2) is 0 Å². The summed E-state index contributed by atoms with van der Waals surface area (Å²) >= 11 is 0. The van der Waals surface area contributed by atoms with Crippen molar-refractivity contribution >= 4 is 11.9 Å². The molecule has 0 N–H and O–H groups in total. The van der Waals surface area contributed by atoms with E-state index in [2.05, 4.69) is 0 Å². The topological polar surface area (TPSA) is 61.8 Å². The summed E-state index contributed by atoms with van der Waals surface area (Å²) in [7, 11) is 0. The highest BCUT2D eigenvalue weighted by atomic mass is 16.5. The number of carbonyl (C=O) groups is 2. The molecule has 2 aromatic carbocycles. The van der Waals surface area contributed by atoms with E-state index in [-0.39, 0.29) is 11.9 Å². The van der Waals surface area contributed by atoms with Gasteiger partial charge in [-0.1, -0.05) is 24.3 Å². The number of rotatable bonds is 6. The van der Waals surface area contributed by atoms with Crippen LogP contribution in [0.3, 0.4) is 0 Å². The first-order chi connectivity index (χ1) is 12.7. The van der Waals surface area contributed by atoms with Gasteiger partial charge in [0.05, 0.1) is 18.1 Å². The van der Waals surface area contributed by atoms with Crippen molar-refractivity contribution in [2.45, 2.75) is 6.92 Å². The van der Waals surface area contributed by atoms with Crippen LogP contribution in [0.4, 0.5) is 0 Å². The van der Waals surface area contributed by atoms with Gasteiger partial charge in [0.25, 0.3) is 0 Å². The Morgan fingerprint density at radius 2 is 1.35 bits per heavy atom. The van der Waals surface area contributed by atoms with Crippen molar-refractivity contribution in [3.8, 4) is 17.2 Å².